The maximum Gasteiger partial charge on any atom is 0.124 e. The van der Waals surface area contributed by atoms with Crippen molar-refractivity contribution in [3.05, 3.63) is 58.3 Å². The average Bonchev–Trinajstić information content (AvgIpc) is 2.47. The minimum atomic E-state index is -0.250. The van der Waals surface area contributed by atoms with E-state index in [-0.39, 0.29) is 11.9 Å². The summed E-state index contributed by atoms with van der Waals surface area (Å²) in [6, 6.07) is 12.8. The number of rotatable bonds is 5. The van der Waals surface area contributed by atoms with Crippen LogP contribution >= 0.6 is 15.9 Å². The summed E-state index contributed by atoms with van der Waals surface area (Å²) in [5, 5.41) is 3.42. The highest BCUT2D eigenvalue weighted by Gasteiger charge is 2.11. The molecule has 20 heavy (non-hydrogen) atoms. The van der Waals surface area contributed by atoms with Gasteiger partial charge in [-0.1, -0.05) is 19.1 Å². The van der Waals surface area contributed by atoms with Crippen molar-refractivity contribution in [3.8, 4) is 5.75 Å². The number of benzene rings is 2. The van der Waals surface area contributed by atoms with Crippen molar-refractivity contribution < 1.29 is 9.13 Å². The van der Waals surface area contributed by atoms with Gasteiger partial charge in [-0.15, -0.1) is 0 Å². The molecule has 0 saturated heterocycles. The van der Waals surface area contributed by atoms with Crippen LogP contribution in [0.2, 0.25) is 0 Å². The van der Waals surface area contributed by atoms with Gasteiger partial charge in [-0.2, -0.15) is 0 Å². The molecule has 2 nitrogen and oxygen atoms in total. The lowest BCUT2D eigenvalue weighted by atomic mass is 10.0. The molecule has 0 aromatic heterocycles. The highest BCUT2D eigenvalue weighted by molar-refractivity contribution is 9.10. The second kappa shape index (κ2) is 6.75. The van der Waals surface area contributed by atoms with Gasteiger partial charge in [0.25, 0.3) is 0 Å². The van der Waals surface area contributed by atoms with Crippen LogP contribution in [0.25, 0.3) is 0 Å². The Morgan fingerprint density at radius 3 is 2.45 bits per heavy atom. The third-order valence-corrected chi connectivity index (χ3v) is 3.84. The normalized spacial score (nSPS) is 12.0. The molecule has 0 fully saturated rings. The largest absolute Gasteiger partial charge is 0.497 e. The summed E-state index contributed by atoms with van der Waals surface area (Å²) < 4.78 is 19.0. The van der Waals surface area contributed by atoms with Crippen LogP contribution in [-0.2, 0) is 0 Å². The molecule has 106 valence electrons. The molecular formula is C16H17BrFNO. The van der Waals surface area contributed by atoms with Crippen LogP contribution in [0, 0.1) is 5.82 Å². The Morgan fingerprint density at radius 2 is 1.90 bits per heavy atom. The summed E-state index contributed by atoms with van der Waals surface area (Å²) in [7, 11) is 1.65. The van der Waals surface area contributed by atoms with Gasteiger partial charge < -0.3 is 10.1 Å². The molecule has 0 radical (unpaired) electrons. The quantitative estimate of drug-likeness (QED) is 0.813. The van der Waals surface area contributed by atoms with Gasteiger partial charge in [-0.25, -0.2) is 4.39 Å². The molecule has 4 heteroatoms. The first kappa shape index (κ1) is 14.9. The van der Waals surface area contributed by atoms with Gasteiger partial charge in [0.15, 0.2) is 0 Å². The molecule has 2 rings (SSSR count). The predicted octanol–water partition coefficient (Wildman–Crippen LogP) is 5.16. The molecule has 2 aromatic rings. The van der Waals surface area contributed by atoms with Crippen LogP contribution in [0.15, 0.2) is 46.9 Å². The number of ether oxygens (including phenoxy) is 1. The van der Waals surface area contributed by atoms with Crippen molar-refractivity contribution in [1.82, 2.24) is 0 Å². The molecule has 2 aromatic carbocycles. The number of nitrogens with one attached hydrogen (secondary N) is 1. The number of hydrogen-bond acceptors (Lipinski definition) is 2. The Balaban J connectivity index is 2.19. The number of hydrogen-bond donors (Lipinski definition) is 1. The van der Waals surface area contributed by atoms with E-state index in [9.17, 15) is 4.39 Å². The van der Waals surface area contributed by atoms with Crippen LogP contribution in [0.5, 0.6) is 5.75 Å². The van der Waals surface area contributed by atoms with Crippen LogP contribution in [0.3, 0.4) is 0 Å². The van der Waals surface area contributed by atoms with Gasteiger partial charge in [0.2, 0.25) is 0 Å². The number of methoxy groups -OCH3 is 1. The zero-order valence-corrected chi connectivity index (χ0v) is 13.1. The minimum absolute atomic E-state index is 0.169. The van der Waals surface area contributed by atoms with Crippen molar-refractivity contribution in [2.75, 3.05) is 12.4 Å². The Labute approximate surface area is 127 Å². The molecule has 1 atom stereocenters. The molecule has 0 heterocycles. The lowest BCUT2D eigenvalue weighted by Gasteiger charge is -2.20. The number of anilines is 1. The molecule has 0 aliphatic carbocycles. The molecule has 0 aliphatic rings. The zero-order valence-electron chi connectivity index (χ0n) is 11.5. The fourth-order valence-corrected chi connectivity index (χ4v) is 2.52. The highest BCUT2D eigenvalue weighted by Crippen LogP contribution is 2.29. The van der Waals surface area contributed by atoms with Gasteiger partial charge in [0.1, 0.15) is 11.6 Å². The molecule has 0 spiro atoms. The van der Waals surface area contributed by atoms with Gasteiger partial charge in [-0.05, 0) is 58.2 Å². The van der Waals surface area contributed by atoms with Crippen molar-refractivity contribution in [2.24, 2.45) is 0 Å². The van der Waals surface area contributed by atoms with Crippen molar-refractivity contribution in [2.45, 2.75) is 19.4 Å². The first-order chi connectivity index (χ1) is 9.63. The maximum absolute atomic E-state index is 13.1. The third kappa shape index (κ3) is 3.51. The summed E-state index contributed by atoms with van der Waals surface area (Å²) in [6.45, 7) is 2.11. The first-order valence-corrected chi connectivity index (χ1v) is 7.29. The summed E-state index contributed by atoms with van der Waals surface area (Å²) in [6.07, 6.45) is 0.927. The molecule has 0 amide bonds. The lowest BCUT2D eigenvalue weighted by Crippen LogP contribution is -2.10. The van der Waals surface area contributed by atoms with Crippen LogP contribution in [0.4, 0.5) is 10.1 Å². The van der Waals surface area contributed by atoms with Gasteiger partial charge in [0, 0.05) is 10.2 Å². The minimum Gasteiger partial charge on any atom is -0.497 e. The zero-order chi connectivity index (χ0) is 14.5. The second-order valence-electron chi connectivity index (χ2n) is 4.50. The smallest absolute Gasteiger partial charge is 0.124 e. The fraction of sp³-hybridized carbons (Fsp3) is 0.250. The van der Waals surface area contributed by atoms with E-state index in [4.69, 9.17) is 4.74 Å². The summed E-state index contributed by atoms with van der Waals surface area (Å²) in [5.41, 5.74) is 2.05. The first-order valence-electron chi connectivity index (χ1n) is 6.49. The van der Waals surface area contributed by atoms with E-state index >= 15 is 0 Å². The standard InChI is InChI=1S/C16H17BrFNO/c1-3-15(11-4-7-13(20-2)8-5-11)19-16-9-6-12(18)10-14(16)17/h4-10,15,19H,3H2,1-2H3. The van der Waals surface area contributed by atoms with E-state index in [1.165, 1.54) is 17.7 Å². The van der Waals surface area contributed by atoms with E-state index in [1.54, 1.807) is 13.2 Å². The van der Waals surface area contributed by atoms with E-state index < -0.39 is 0 Å². The van der Waals surface area contributed by atoms with Crippen LogP contribution in [-0.4, -0.2) is 7.11 Å². The SMILES string of the molecule is CCC(Nc1ccc(F)cc1Br)c1ccc(OC)cc1. The molecule has 1 N–H and O–H groups in total. The Bertz CT molecular complexity index is 571. The summed E-state index contributed by atoms with van der Waals surface area (Å²) in [4.78, 5) is 0. The summed E-state index contributed by atoms with van der Waals surface area (Å²) in [5.74, 6) is 0.589. The van der Waals surface area contributed by atoms with E-state index in [1.807, 2.05) is 24.3 Å². The predicted molar refractivity (Wildman–Crippen MR) is 83.7 cm³/mol. The third-order valence-electron chi connectivity index (χ3n) is 3.19. The second-order valence-corrected chi connectivity index (χ2v) is 5.36. The molecule has 0 aliphatic heterocycles. The van der Waals surface area contributed by atoms with E-state index in [0.717, 1.165) is 22.3 Å². The fourth-order valence-electron chi connectivity index (χ4n) is 2.05. The lowest BCUT2D eigenvalue weighted by molar-refractivity contribution is 0.414. The molecule has 0 saturated carbocycles. The van der Waals surface area contributed by atoms with Crippen LogP contribution in [0.1, 0.15) is 24.9 Å². The van der Waals surface area contributed by atoms with Gasteiger partial charge in [0.05, 0.1) is 13.2 Å². The Kier molecular flexibility index (Phi) is 5.01. The topological polar surface area (TPSA) is 21.3 Å². The number of halogens is 2. The van der Waals surface area contributed by atoms with Crippen molar-refractivity contribution in [3.63, 3.8) is 0 Å². The van der Waals surface area contributed by atoms with Gasteiger partial charge >= 0.3 is 0 Å². The summed E-state index contributed by atoms with van der Waals surface area (Å²) >= 11 is 3.38. The van der Waals surface area contributed by atoms with Crippen LogP contribution < -0.4 is 10.1 Å². The van der Waals surface area contributed by atoms with Crippen molar-refractivity contribution >= 4 is 21.6 Å². The molecular weight excluding hydrogens is 321 g/mol. The maximum atomic E-state index is 13.1. The Hall–Kier alpha value is -1.55. The van der Waals surface area contributed by atoms with Crippen molar-refractivity contribution in [1.29, 1.82) is 0 Å². The van der Waals surface area contributed by atoms with E-state index in [2.05, 4.69) is 28.2 Å². The monoisotopic (exact) mass is 337 g/mol. The average molecular weight is 338 g/mol. The Morgan fingerprint density at radius 1 is 1.20 bits per heavy atom. The van der Waals surface area contributed by atoms with E-state index in [0.29, 0.717) is 0 Å². The molecule has 1 unspecified atom stereocenters. The highest BCUT2D eigenvalue weighted by atomic mass is 79.9. The molecule has 0 bridgehead atoms. The van der Waals surface area contributed by atoms with Gasteiger partial charge in [-0.3, -0.25) is 0 Å².